The highest BCUT2D eigenvalue weighted by Gasteiger charge is 2.27. The predicted molar refractivity (Wildman–Crippen MR) is 79.8 cm³/mol. The van der Waals surface area contributed by atoms with Crippen molar-refractivity contribution < 1.29 is 5.11 Å². The van der Waals surface area contributed by atoms with Crippen molar-refractivity contribution in [1.82, 2.24) is 0 Å². The van der Waals surface area contributed by atoms with Crippen LogP contribution in [0, 0.1) is 0 Å². The van der Waals surface area contributed by atoms with Crippen molar-refractivity contribution in [3.8, 4) is 5.75 Å². The van der Waals surface area contributed by atoms with Gasteiger partial charge in [-0.3, -0.25) is 0 Å². The second-order valence-corrected chi connectivity index (χ2v) is 6.74. The van der Waals surface area contributed by atoms with Gasteiger partial charge in [0.05, 0.1) is 5.02 Å². The zero-order chi connectivity index (χ0) is 14.1. The zero-order valence-electron chi connectivity index (χ0n) is 12.4. The van der Waals surface area contributed by atoms with Crippen LogP contribution in [0.3, 0.4) is 0 Å². The third kappa shape index (κ3) is 2.83. The Hall–Kier alpha value is -0.690. The van der Waals surface area contributed by atoms with E-state index in [0.717, 1.165) is 18.4 Å². The molecule has 0 bridgehead atoms. The minimum Gasteiger partial charge on any atom is -0.506 e. The number of hydrogen-bond acceptors (Lipinski definition) is 1. The Morgan fingerprint density at radius 1 is 1.00 bits per heavy atom. The van der Waals surface area contributed by atoms with Crippen molar-refractivity contribution in [2.24, 2.45) is 0 Å². The van der Waals surface area contributed by atoms with Crippen LogP contribution in [-0.2, 0) is 10.8 Å². The summed E-state index contributed by atoms with van der Waals surface area (Å²) in [5.74, 6) is 0.235. The molecule has 0 saturated carbocycles. The van der Waals surface area contributed by atoms with Crippen LogP contribution in [0.1, 0.15) is 65.5 Å². The Kier molecular flexibility index (Phi) is 4.38. The Bertz CT molecular complexity index is 433. The van der Waals surface area contributed by atoms with E-state index < -0.39 is 0 Å². The smallest absolute Gasteiger partial charge is 0.137 e. The van der Waals surface area contributed by atoms with Gasteiger partial charge in [0.1, 0.15) is 5.75 Å². The molecule has 0 heterocycles. The van der Waals surface area contributed by atoms with Crippen molar-refractivity contribution in [3.05, 3.63) is 28.3 Å². The number of halogens is 1. The first-order valence-corrected chi connectivity index (χ1v) is 7.07. The molecule has 0 saturated heterocycles. The van der Waals surface area contributed by atoms with Gasteiger partial charge in [-0.05, 0) is 35.3 Å². The second-order valence-electron chi connectivity index (χ2n) is 6.33. The van der Waals surface area contributed by atoms with Gasteiger partial charge < -0.3 is 5.11 Å². The van der Waals surface area contributed by atoms with Crippen molar-refractivity contribution in [3.63, 3.8) is 0 Å². The van der Waals surface area contributed by atoms with Gasteiger partial charge in [-0.15, -0.1) is 0 Å². The van der Waals surface area contributed by atoms with E-state index in [1.807, 2.05) is 6.07 Å². The first kappa shape index (κ1) is 15.4. The normalized spacial score (nSPS) is 12.8. The van der Waals surface area contributed by atoms with Crippen LogP contribution in [0.15, 0.2) is 12.1 Å². The van der Waals surface area contributed by atoms with E-state index in [4.69, 9.17) is 11.6 Å². The van der Waals surface area contributed by atoms with Crippen molar-refractivity contribution in [1.29, 1.82) is 0 Å². The average Bonchev–Trinajstić information content (AvgIpc) is 2.31. The predicted octanol–water partition coefficient (Wildman–Crippen LogP) is 5.42. The Morgan fingerprint density at radius 2 is 1.50 bits per heavy atom. The first-order valence-electron chi connectivity index (χ1n) is 6.69. The van der Waals surface area contributed by atoms with E-state index in [-0.39, 0.29) is 16.6 Å². The maximum Gasteiger partial charge on any atom is 0.137 e. The van der Waals surface area contributed by atoms with Crippen LogP contribution in [0.25, 0.3) is 0 Å². The monoisotopic (exact) mass is 268 g/mol. The van der Waals surface area contributed by atoms with Gasteiger partial charge in [-0.25, -0.2) is 0 Å². The molecule has 102 valence electrons. The molecular weight excluding hydrogens is 244 g/mol. The largest absolute Gasteiger partial charge is 0.506 e. The van der Waals surface area contributed by atoms with Crippen LogP contribution in [-0.4, -0.2) is 5.11 Å². The standard InChI is InChI=1S/C16H25ClO/c1-7-15(3,4)11-9-12(16(5,6)8-2)14(18)13(17)10-11/h9-10,18H,7-8H2,1-6H3. The highest BCUT2D eigenvalue weighted by atomic mass is 35.5. The minimum atomic E-state index is -0.0619. The molecule has 0 aliphatic carbocycles. The van der Waals surface area contributed by atoms with E-state index in [1.165, 1.54) is 5.56 Å². The lowest BCUT2D eigenvalue weighted by Crippen LogP contribution is -2.20. The Labute approximate surface area is 116 Å². The number of phenols is 1. The van der Waals surface area contributed by atoms with Gasteiger partial charge in [0.25, 0.3) is 0 Å². The number of aromatic hydroxyl groups is 1. The average molecular weight is 269 g/mol. The van der Waals surface area contributed by atoms with Crippen molar-refractivity contribution in [2.75, 3.05) is 0 Å². The van der Waals surface area contributed by atoms with Crippen LogP contribution < -0.4 is 0 Å². The van der Waals surface area contributed by atoms with Crippen LogP contribution >= 0.6 is 11.6 Å². The molecule has 1 rings (SSSR count). The quantitative estimate of drug-likeness (QED) is 0.773. The lowest BCUT2D eigenvalue weighted by Gasteiger charge is -2.29. The Balaban J connectivity index is 3.46. The fraction of sp³-hybridized carbons (Fsp3) is 0.625. The van der Waals surface area contributed by atoms with Gasteiger partial charge in [0.15, 0.2) is 0 Å². The maximum atomic E-state index is 10.2. The van der Waals surface area contributed by atoms with Gasteiger partial charge >= 0.3 is 0 Å². The molecule has 0 fully saturated rings. The fourth-order valence-corrected chi connectivity index (χ4v) is 2.12. The number of rotatable bonds is 4. The third-order valence-corrected chi connectivity index (χ3v) is 4.63. The lowest BCUT2D eigenvalue weighted by molar-refractivity contribution is 0.425. The molecule has 0 aliphatic heterocycles. The molecule has 2 heteroatoms. The molecule has 0 aromatic heterocycles. The molecule has 0 amide bonds. The second kappa shape index (κ2) is 5.13. The number of hydrogen-bond donors (Lipinski definition) is 1. The summed E-state index contributed by atoms with van der Waals surface area (Å²) in [5, 5.41) is 10.7. The zero-order valence-corrected chi connectivity index (χ0v) is 13.2. The lowest BCUT2D eigenvalue weighted by atomic mass is 9.76. The molecule has 18 heavy (non-hydrogen) atoms. The molecular formula is C16H25ClO. The molecule has 1 aromatic carbocycles. The summed E-state index contributed by atoms with van der Waals surface area (Å²) < 4.78 is 0. The first-order chi connectivity index (χ1) is 8.15. The fourth-order valence-electron chi connectivity index (χ4n) is 1.90. The van der Waals surface area contributed by atoms with Crippen molar-refractivity contribution >= 4 is 11.6 Å². The summed E-state index contributed by atoms with van der Waals surface area (Å²) in [7, 11) is 0. The van der Waals surface area contributed by atoms with Crippen LogP contribution in [0.2, 0.25) is 5.02 Å². The molecule has 1 nitrogen and oxygen atoms in total. The van der Waals surface area contributed by atoms with Crippen LogP contribution in [0.4, 0.5) is 0 Å². The van der Waals surface area contributed by atoms with E-state index in [2.05, 4.69) is 47.6 Å². The van der Waals surface area contributed by atoms with E-state index in [9.17, 15) is 5.11 Å². The molecule has 0 unspecified atom stereocenters. The number of benzene rings is 1. The SMILES string of the molecule is CCC(C)(C)c1cc(Cl)c(O)c(C(C)(C)CC)c1. The van der Waals surface area contributed by atoms with Gasteiger partial charge in [-0.2, -0.15) is 0 Å². The molecule has 0 spiro atoms. The minimum absolute atomic E-state index is 0.0619. The van der Waals surface area contributed by atoms with Gasteiger partial charge in [-0.1, -0.05) is 59.2 Å². The number of phenolic OH excluding ortho intramolecular Hbond substituents is 1. The summed E-state index contributed by atoms with van der Waals surface area (Å²) in [6.45, 7) is 13.0. The molecule has 0 aliphatic rings. The maximum absolute atomic E-state index is 10.2. The van der Waals surface area contributed by atoms with Crippen LogP contribution in [0.5, 0.6) is 5.75 Å². The topological polar surface area (TPSA) is 20.2 Å². The van der Waals surface area contributed by atoms with Crippen molar-refractivity contribution in [2.45, 2.75) is 65.2 Å². The van der Waals surface area contributed by atoms with Gasteiger partial charge in [0.2, 0.25) is 0 Å². The summed E-state index contributed by atoms with van der Waals surface area (Å²) >= 11 is 6.20. The Morgan fingerprint density at radius 3 is 1.94 bits per heavy atom. The van der Waals surface area contributed by atoms with E-state index in [0.29, 0.717) is 5.02 Å². The third-order valence-electron chi connectivity index (χ3n) is 4.34. The summed E-state index contributed by atoms with van der Waals surface area (Å²) in [4.78, 5) is 0. The molecule has 1 N–H and O–H groups in total. The summed E-state index contributed by atoms with van der Waals surface area (Å²) in [6.07, 6.45) is 2.01. The molecule has 0 radical (unpaired) electrons. The molecule has 0 atom stereocenters. The van der Waals surface area contributed by atoms with E-state index >= 15 is 0 Å². The highest BCUT2D eigenvalue weighted by Crippen LogP contribution is 2.41. The molecule has 1 aromatic rings. The highest BCUT2D eigenvalue weighted by molar-refractivity contribution is 6.32. The summed E-state index contributed by atoms with van der Waals surface area (Å²) in [5.41, 5.74) is 2.17. The van der Waals surface area contributed by atoms with Gasteiger partial charge in [0, 0.05) is 5.56 Å². The summed E-state index contributed by atoms with van der Waals surface area (Å²) in [6, 6.07) is 4.02. The van der Waals surface area contributed by atoms with E-state index in [1.54, 1.807) is 0 Å².